The topological polar surface area (TPSA) is 95.1 Å². The van der Waals surface area contributed by atoms with Crippen LogP contribution in [0.3, 0.4) is 0 Å². The lowest BCUT2D eigenvalue weighted by Crippen LogP contribution is -2.19. The highest BCUT2D eigenvalue weighted by atomic mass is 16.5. The van der Waals surface area contributed by atoms with Crippen molar-refractivity contribution in [1.29, 1.82) is 0 Å². The number of methoxy groups -OCH3 is 1. The van der Waals surface area contributed by atoms with E-state index in [1.54, 1.807) is 24.9 Å². The molecule has 0 amide bonds. The third kappa shape index (κ3) is 3.90. The molecule has 0 fully saturated rings. The van der Waals surface area contributed by atoms with Crippen molar-refractivity contribution in [2.24, 2.45) is 7.05 Å². The van der Waals surface area contributed by atoms with E-state index >= 15 is 0 Å². The zero-order chi connectivity index (χ0) is 23.8. The summed E-state index contributed by atoms with van der Waals surface area (Å²) in [6.45, 7) is 3.89. The summed E-state index contributed by atoms with van der Waals surface area (Å²) in [4.78, 5) is 22.0. The van der Waals surface area contributed by atoms with Crippen LogP contribution >= 0.6 is 0 Å². The van der Waals surface area contributed by atoms with Crippen LogP contribution in [0.2, 0.25) is 0 Å². The van der Waals surface area contributed by atoms with E-state index in [2.05, 4.69) is 20.4 Å². The Kier molecular flexibility index (Phi) is 5.33. The minimum absolute atomic E-state index is 0.0697. The Bertz CT molecular complexity index is 1570. The summed E-state index contributed by atoms with van der Waals surface area (Å²) in [5.74, 6) is 1.47. The molecule has 1 N–H and O–H groups in total. The number of aryl methyl sites for hydroxylation is 3. The molecule has 0 spiro atoms. The van der Waals surface area contributed by atoms with Crippen LogP contribution in [0.1, 0.15) is 11.3 Å². The molecule has 0 saturated heterocycles. The molecule has 5 rings (SSSR count). The Morgan fingerprint density at radius 3 is 2.56 bits per heavy atom. The fraction of sp³-hybridized carbons (Fsp3) is 0.154. The van der Waals surface area contributed by atoms with Crippen LogP contribution in [-0.4, -0.2) is 26.8 Å². The summed E-state index contributed by atoms with van der Waals surface area (Å²) in [7, 11) is 3.40. The van der Waals surface area contributed by atoms with E-state index in [0.717, 1.165) is 44.7 Å². The predicted octanol–water partition coefficient (Wildman–Crippen LogP) is 5.02. The summed E-state index contributed by atoms with van der Waals surface area (Å²) < 4.78 is 12.3. The van der Waals surface area contributed by atoms with E-state index < -0.39 is 0 Å². The third-order valence-corrected chi connectivity index (χ3v) is 5.79. The van der Waals surface area contributed by atoms with Gasteiger partial charge >= 0.3 is 0 Å². The van der Waals surface area contributed by atoms with E-state index in [-0.39, 0.29) is 5.56 Å². The van der Waals surface area contributed by atoms with E-state index in [9.17, 15) is 4.79 Å². The smallest absolute Gasteiger partial charge is 0.268 e. The number of hydrogen-bond acceptors (Lipinski definition) is 7. The van der Waals surface area contributed by atoms with Crippen LogP contribution in [0.15, 0.2) is 70.1 Å². The average Bonchev–Trinajstić information content (AvgIpc) is 3.31. The molecular weight excluding hydrogens is 430 g/mol. The monoisotopic (exact) mass is 453 g/mol. The molecule has 0 aliphatic rings. The second-order valence-electron chi connectivity index (χ2n) is 8.11. The van der Waals surface area contributed by atoms with E-state index in [0.29, 0.717) is 17.4 Å². The number of fused-ring (bicyclic) bond motifs is 1. The van der Waals surface area contributed by atoms with Gasteiger partial charge in [0, 0.05) is 41.1 Å². The summed E-state index contributed by atoms with van der Waals surface area (Å²) in [5.41, 5.74) is 5.59. The molecule has 8 nitrogen and oxygen atoms in total. The van der Waals surface area contributed by atoms with Gasteiger partial charge in [0.2, 0.25) is 0 Å². The van der Waals surface area contributed by atoms with Gasteiger partial charge in [-0.15, -0.1) is 0 Å². The Balaban J connectivity index is 1.48. The molecular formula is C26H23N5O3. The van der Waals surface area contributed by atoms with E-state index in [1.807, 2.05) is 68.4 Å². The van der Waals surface area contributed by atoms with E-state index in [1.165, 1.54) is 0 Å². The van der Waals surface area contributed by atoms with Crippen LogP contribution in [-0.2, 0) is 7.05 Å². The highest BCUT2D eigenvalue weighted by molar-refractivity contribution is 5.85. The second kappa shape index (κ2) is 8.47. The van der Waals surface area contributed by atoms with Crippen molar-refractivity contribution >= 4 is 22.5 Å². The molecule has 0 saturated carbocycles. The van der Waals surface area contributed by atoms with Crippen molar-refractivity contribution in [2.45, 2.75) is 13.8 Å². The molecule has 170 valence electrons. The van der Waals surface area contributed by atoms with Gasteiger partial charge in [-0.1, -0.05) is 6.07 Å². The van der Waals surface area contributed by atoms with Gasteiger partial charge in [-0.05, 0) is 78.7 Å². The third-order valence-electron chi connectivity index (χ3n) is 5.79. The van der Waals surface area contributed by atoms with Gasteiger partial charge in [0.05, 0.1) is 12.6 Å². The number of ether oxygens (including phenoxy) is 1. The number of benzene rings is 2. The van der Waals surface area contributed by atoms with Crippen molar-refractivity contribution in [3.05, 3.63) is 82.4 Å². The van der Waals surface area contributed by atoms with Crippen molar-refractivity contribution < 1.29 is 9.26 Å². The Labute approximate surface area is 195 Å². The molecule has 0 unspecified atom stereocenters. The summed E-state index contributed by atoms with van der Waals surface area (Å²) in [6, 6.07) is 17.0. The van der Waals surface area contributed by atoms with Gasteiger partial charge in [0.25, 0.3) is 17.4 Å². The van der Waals surface area contributed by atoms with Gasteiger partial charge in [-0.25, -0.2) is 0 Å². The van der Waals surface area contributed by atoms with Crippen molar-refractivity contribution in [3.8, 4) is 28.3 Å². The van der Waals surface area contributed by atoms with Crippen molar-refractivity contribution in [2.75, 3.05) is 12.4 Å². The van der Waals surface area contributed by atoms with Crippen molar-refractivity contribution in [1.82, 2.24) is 19.7 Å². The quantitative estimate of drug-likeness (QED) is 0.399. The van der Waals surface area contributed by atoms with Gasteiger partial charge < -0.3 is 19.1 Å². The van der Waals surface area contributed by atoms with Crippen LogP contribution < -0.4 is 15.6 Å². The first kappa shape index (κ1) is 21.4. The number of pyridine rings is 2. The zero-order valence-electron chi connectivity index (χ0n) is 19.3. The zero-order valence-corrected chi connectivity index (χ0v) is 19.3. The maximum atomic E-state index is 13.2. The lowest BCUT2D eigenvalue weighted by Gasteiger charge is -2.12. The number of rotatable bonds is 5. The van der Waals surface area contributed by atoms with Gasteiger partial charge in [-0.3, -0.25) is 9.78 Å². The van der Waals surface area contributed by atoms with E-state index in [4.69, 9.17) is 9.26 Å². The van der Waals surface area contributed by atoms with Crippen LogP contribution in [0.25, 0.3) is 33.5 Å². The predicted molar refractivity (Wildman–Crippen MR) is 131 cm³/mol. The first-order valence-electron chi connectivity index (χ1n) is 10.8. The Morgan fingerprint density at radius 2 is 1.79 bits per heavy atom. The minimum Gasteiger partial charge on any atom is -0.497 e. The van der Waals surface area contributed by atoms with Gasteiger partial charge in [0.1, 0.15) is 5.75 Å². The lowest BCUT2D eigenvalue weighted by molar-refractivity contribution is 0.414. The Hall–Kier alpha value is -4.46. The minimum atomic E-state index is -0.0697. The molecule has 0 bridgehead atoms. The number of anilines is 2. The SMILES string of the molecule is COc1ccc(-c2nc(Nc3ccc(C)c(-c4cc5cnc(C)cc5n(C)c4=O)c3)no2)cc1. The molecule has 2 aromatic carbocycles. The molecule has 0 aliphatic carbocycles. The number of nitrogens with zero attached hydrogens (tertiary/aromatic N) is 4. The number of nitrogens with one attached hydrogen (secondary N) is 1. The average molecular weight is 454 g/mol. The number of aromatic nitrogens is 4. The van der Waals surface area contributed by atoms with Crippen LogP contribution in [0.4, 0.5) is 11.6 Å². The van der Waals surface area contributed by atoms with Crippen LogP contribution in [0, 0.1) is 13.8 Å². The van der Waals surface area contributed by atoms with Gasteiger partial charge in [-0.2, -0.15) is 4.98 Å². The maximum Gasteiger partial charge on any atom is 0.268 e. The fourth-order valence-electron chi connectivity index (χ4n) is 3.90. The first-order chi connectivity index (χ1) is 16.4. The molecule has 34 heavy (non-hydrogen) atoms. The Morgan fingerprint density at radius 1 is 1.00 bits per heavy atom. The lowest BCUT2D eigenvalue weighted by atomic mass is 9.99. The fourth-order valence-corrected chi connectivity index (χ4v) is 3.90. The maximum absolute atomic E-state index is 13.2. The first-order valence-corrected chi connectivity index (χ1v) is 10.8. The number of hydrogen-bond donors (Lipinski definition) is 1. The largest absolute Gasteiger partial charge is 0.497 e. The molecule has 0 atom stereocenters. The highest BCUT2D eigenvalue weighted by Crippen LogP contribution is 2.28. The highest BCUT2D eigenvalue weighted by Gasteiger charge is 2.14. The van der Waals surface area contributed by atoms with Gasteiger partial charge in [0.15, 0.2) is 0 Å². The molecule has 3 heterocycles. The molecule has 8 heteroatoms. The molecule has 0 radical (unpaired) electrons. The normalized spacial score (nSPS) is 11.1. The standard InChI is InChI=1S/C26H23N5O3/c1-15-5-8-19(28-26-29-24(34-30-26)17-6-9-20(33-4)10-7-17)13-21(15)22-12-18-14-27-16(2)11-23(18)31(3)25(22)32/h5-14H,1-4H3,(H,28,30). The summed E-state index contributed by atoms with van der Waals surface area (Å²) >= 11 is 0. The van der Waals surface area contributed by atoms with Crippen LogP contribution in [0.5, 0.6) is 5.75 Å². The second-order valence-corrected chi connectivity index (χ2v) is 8.11. The molecule has 3 aromatic heterocycles. The molecule has 5 aromatic rings. The summed E-state index contributed by atoms with van der Waals surface area (Å²) in [5, 5.41) is 8.11. The summed E-state index contributed by atoms with van der Waals surface area (Å²) in [6.07, 6.45) is 1.80. The molecule has 0 aliphatic heterocycles. The van der Waals surface area contributed by atoms with Crippen molar-refractivity contribution in [3.63, 3.8) is 0 Å².